The third kappa shape index (κ3) is 11.6. The Labute approximate surface area is 90.7 Å². The van der Waals surface area contributed by atoms with E-state index in [0.29, 0.717) is 0 Å². The zero-order chi connectivity index (χ0) is 12.1. The van der Waals surface area contributed by atoms with Gasteiger partial charge >= 0.3 is 0 Å². The smallest absolute Gasteiger partial charge is 0.146 e. The van der Waals surface area contributed by atoms with Gasteiger partial charge in [0.25, 0.3) is 0 Å². The lowest BCUT2D eigenvalue weighted by Crippen LogP contribution is -2.33. The second kappa shape index (κ2) is 15.1. The Morgan fingerprint density at radius 3 is 1.57 bits per heavy atom. The van der Waals surface area contributed by atoms with E-state index >= 15 is 0 Å². The second-order valence-corrected chi connectivity index (χ2v) is 2.88. The van der Waals surface area contributed by atoms with Gasteiger partial charge in [-0.15, -0.1) is 0 Å². The zero-order valence-corrected chi connectivity index (χ0v) is 11.3. The molecule has 0 saturated carbocycles. The minimum atomic E-state index is 0.130. The van der Waals surface area contributed by atoms with Crippen LogP contribution in [-0.2, 0) is 4.79 Å². The Morgan fingerprint density at radius 1 is 1.14 bits per heavy atom. The van der Waals surface area contributed by atoms with E-state index in [1.165, 1.54) is 0 Å². The molecule has 0 saturated heterocycles. The van der Waals surface area contributed by atoms with Crippen molar-refractivity contribution in [1.29, 1.82) is 0 Å². The number of nitrogens with zero attached hydrogens (tertiary/aromatic N) is 1. The first-order valence-electron chi connectivity index (χ1n) is 5.76. The molecule has 0 amide bonds. The van der Waals surface area contributed by atoms with Crippen molar-refractivity contribution >= 4 is 5.78 Å². The molecule has 0 aliphatic heterocycles. The van der Waals surface area contributed by atoms with Crippen molar-refractivity contribution in [1.82, 2.24) is 4.90 Å². The van der Waals surface area contributed by atoms with Gasteiger partial charge in [-0.2, -0.15) is 0 Å². The summed E-state index contributed by atoms with van der Waals surface area (Å²) in [6.45, 7) is 11.7. The van der Waals surface area contributed by atoms with E-state index in [1.807, 2.05) is 46.7 Å². The van der Waals surface area contributed by atoms with Crippen LogP contribution in [0.15, 0.2) is 0 Å². The number of hydrogen-bond acceptors (Lipinski definition) is 2. The Hall–Kier alpha value is -0.370. The van der Waals surface area contributed by atoms with Crippen LogP contribution in [0.25, 0.3) is 0 Å². The lowest BCUT2D eigenvalue weighted by molar-refractivity contribution is -0.121. The minimum Gasteiger partial charge on any atom is -0.300 e. The summed E-state index contributed by atoms with van der Waals surface area (Å²) in [4.78, 5) is 12.9. The van der Waals surface area contributed by atoms with E-state index in [1.54, 1.807) is 6.92 Å². The van der Waals surface area contributed by atoms with Crippen LogP contribution in [0.3, 0.4) is 0 Å². The lowest BCUT2D eigenvalue weighted by atomic mass is 10.1. The summed E-state index contributed by atoms with van der Waals surface area (Å²) in [5.74, 6) is 0.270. The highest BCUT2D eigenvalue weighted by molar-refractivity contribution is 5.81. The molecule has 0 aromatic heterocycles. The Balaban J connectivity index is -0.000000266. The van der Waals surface area contributed by atoms with E-state index in [-0.39, 0.29) is 11.8 Å². The largest absolute Gasteiger partial charge is 0.300 e. The highest BCUT2D eigenvalue weighted by Crippen LogP contribution is 2.03. The summed E-state index contributed by atoms with van der Waals surface area (Å²) in [5.41, 5.74) is 0. The SMILES string of the molecule is CC.CC.CCCC(C(C)=O)N(C)C. The standard InChI is InChI=1S/C8H17NO.2C2H6/c1-5-6-8(7(2)10)9(3)4;2*1-2/h8H,5-6H2,1-4H3;2*1-2H3. The van der Waals surface area contributed by atoms with Gasteiger partial charge in [0.05, 0.1) is 6.04 Å². The van der Waals surface area contributed by atoms with E-state index < -0.39 is 0 Å². The van der Waals surface area contributed by atoms with Gasteiger partial charge in [0.15, 0.2) is 0 Å². The van der Waals surface area contributed by atoms with Crippen molar-refractivity contribution in [2.24, 2.45) is 0 Å². The van der Waals surface area contributed by atoms with Crippen LogP contribution in [0.2, 0.25) is 0 Å². The van der Waals surface area contributed by atoms with Crippen LogP contribution >= 0.6 is 0 Å². The third-order valence-electron chi connectivity index (χ3n) is 1.65. The van der Waals surface area contributed by atoms with Gasteiger partial charge in [0, 0.05) is 0 Å². The first kappa shape index (κ1) is 19.2. The van der Waals surface area contributed by atoms with Crippen LogP contribution in [-0.4, -0.2) is 30.8 Å². The summed E-state index contributed by atoms with van der Waals surface area (Å²) >= 11 is 0. The molecule has 0 N–H and O–H groups in total. The summed E-state index contributed by atoms with van der Waals surface area (Å²) < 4.78 is 0. The molecule has 0 aromatic rings. The molecule has 0 fully saturated rings. The van der Waals surface area contributed by atoms with Gasteiger partial charge < -0.3 is 0 Å². The molecule has 1 unspecified atom stereocenters. The fourth-order valence-electron chi connectivity index (χ4n) is 1.10. The van der Waals surface area contributed by atoms with Crippen LogP contribution in [0.1, 0.15) is 54.4 Å². The van der Waals surface area contributed by atoms with Gasteiger partial charge in [0.2, 0.25) is 0 Å². The van der Waals surface area contributed by atoms with E-state index in [4.69, 9.17) is 0 Å². The van der Waals surface area contributed by atoms with Crippen LogP contribution in [0, 0.1) is 0 Å². The Morgan fingerprint density at radius 2 is 1.50 bits per heavy atom. The summed E-state index contributed by atoms with van der Waals surface area (Å²) in [6, 6.07) is 0.130. The number of carbonyl (C=O) groups is 1. The number of ketones is 1. The normalized spacial score (nSPS) is 10.6. The molecule has 0 aliphatic carbocycles. The minimum absolute atomic E-state index is 0.130. The maximum absolute atomic E-state index is 10.9. The molecule has 14 heavy (non-hydrogen) atoms. The molecular formula is C12H29NO. The van der Waals surface area contributed by atoms with E-state index in [0.717, 1.165) is 12.8 Å². The van der Waals surface area contributed by atoms with Gasteiger partial charge in [-0.3, -0.25) is 9.69 Å². The molecule has 0 rings (SSSR count). The molecule has 0 heterocycles. The molecule has 0 aromatic carbocycles. The topological polar surface area (TPSA) is 20.3 Å². The number of rotatable bonds is 4. The van der Waals surface area contributed by atoms with Gasteiger partial charge in [-0.25, -0.2) is 0 Å². The van der Waals surface area contributed by atoms with E-state index in [9.17, 15) is 4.79 Å². The first-order valence-corrected chi connectivity index (χ1v) is 5.76. The quantitative estimate of drug-likeness (QED) is 0.698. The summed E-state index contributed by atoms with van der Waals surface area (Å²) in [5, 5.41) is 0. The second-order valence-electron chi connectivity index (χ2n) is 2.88. The van der Waals surface area contributed by atoms with Crippen molar-refractivity contribution in [2.75, 3.05) is 14.1 Å². The monoisotopic (exact) mass is 203 g/mol. The maximum Gasteiger partial charge on any atom is 0.146 e. The number of carbonyl (C=O) groups excluding carboxylic acids is 1. The molecule has 1 atom stereocenters. The van der Waals surface area contributed by atoms with Gasteiger partial charge in [-0.05, 0) is 27.4 Å². The Kier molecular flexibility index (Phi) is 20.8. The average molecular weight is 203 g/mol. The fraction of sp³-hybridized carbons (Fsp3) is 0.917. The average Bonchev–Trinajstić information content (AvgIpc) is 2.19. The summed E-state index contributed by atoms with van der Waals surface area (Å²) in [7, 11) is 3.89. The molecule has 0 bridgehead atoms. The van der Waals surface area contributed by atoms with Crippen LogP contribution < -0.4 is 0 Å². The van der Waals surface area contributed by atoms with Crippen LogP contribution in [0.5, 0.6) is 0 Å². The third-order valence-corrected chi connectivity index (χ3v) is 1.65. The first-order chi connectivity index (χ1) is 6.59. The Bertz CT molecular complexity index is 111. The zero-order valence-electron chi connectivity index (χ0n) is 11.3. The summed E-state index contributed by atoms with van der Waals surface area (Å²) in [6.07, 6.45) is 2.05. The van der Waals surface area contributed by atoms with Gasteiger partial charge in [-0.1, -0.05) is 41.0 Å². The molecule has 2 nitrogen and oxygen atoms in total. The van der Waals surface area contributed by atoms with Gasteiger partial charge in [0.1, 0.15) is 5.78 Å². The molecule has 0 aliphatic rings. The van der Waals surface area contributed by atoms with Crippen molar-refractivity contribution in [3.05, 3.63) is 0 Å². The number of likely N-dealkylation sites (N-methyl/N-ethyl adjacent to an activating group) is 1. The highest BCUT2D eigenvalue weighted by atomic mass is 16.1. The maximum atomic E-state index is 10.9. The predicted molar refractivity (Wildman–Crippen MR) is 65.8 cm³/mol. The number of Topliss-reactive ketones (excluding diaryl/α,β-unsaturated/α-hetero) is 1. The number of hydrogen-bond donors (Lipinski definition) is 0. The predicted octanol–water partition coefficient (Wildman–Crippen LogP) is 3.36. The molecule has 0 spiro atoms. The van der Waals surface area contributed by atoms with Crippen molar-refractivity contribution in [3.63, 3.8) is 0 Å². The molecule has 0 radical (unpaired) electrons. The highest BCUT2D eigenvalue weighted by Gasteiger charge is 2.14. The van der Waals surface area contributed by atoms with E-state index in [2.05, 4.69) is 6.92 Å². The van der Waals surface area contributed by atoms with Crippen molar-refractivity contribution in [3.8, 4) is 0 Å². The van der Waals surface area contributed by atoms with Crippen LogP contribution in [0.4, 0.5) is 0 Å². The van der Waals surface area contributed by atoms with Crippen molar-refractivity contribution in [2.45, 2.75) is 60.4 Å². The lowest BCUT2D eigenvalue weighted by Gasteiger charge is -2.20. The molecule has 88 valence electrons. The molecular weight excluding hydrogens is 174 g/mol. The van der Waals surface area contributed by atoms with Crippen molar-refractivity contribution < 1.29 is 4.79 Å². The fourth-order valence-corrected chi connectivity index (χ4v) is 1.10. The molecule has 2 heteroatoms.